The van der Waals surface area contributed by atoms with Gasteiger partial charge in [-0.3, -0.25) is 9.69 Å². The molecule has 0 spiro atoms. The fraction of sp³-hybridized carbons (Fsp3) is 0.500. The standard InChI is InChI=1S/C16H21N3O2/c1-3-13(11-17)18-7-9-19(10-8-18)16(21)14-5-4-6-15(20)12(14)2/h4-6,13,20H,3,7-10H2,1-2H3. The van der Waals surface area contributed by atoms with Crippen LogP contribution in [0.15, 0.2) is 18.2 Å². The Morgan fingerprint density at radius 1 is 1.38 bits per heavy atom. The highest BCUT2D eigenvalue weighted by Crippen LogP contribution is 2.21. The van der Waals surface area contributed by atoms with Crippen LogP contribution in [-0.4, -0.2) is 53.0 Å². The van der Waals surface area contributed by atoms with Crippen molar-refractivity contribution < 1.29 is 9.90 Å². The van der Waals surface area contributed by atoms with Crippen molar-refractivity contribution >= 4 is 5.91 Å². The second-order valence-corrected chi connectivity index (χ2v) is 5.33. The van der Waals surface area contributed by atoms with Crippen LogP contribution in [0.25, 0.3) is 0 Å². The van der Waals surface area contributed by atoms with Gasteiger partial charge in [0.25, 0.3) is 5.91 Å². The number of phenols is 1. The number of carbonyl (C=O) groups is 1. The molecule has 1 aliphatic rings. The van der Waals surface area contributed by atoms with E-state index in [1.165, 1.54) is 0 Å². The van der Waals surface area contributed by atoms with Crippen LogP contribution in [-0.2, 0) is 0 Å². The summed E-state index contributed by atoms with van der Waals surface area (Å²) in [5.74, 6) is 0.100. The van der Waals surface area contributed by atoms with Crippen molar-refractivity contribution in [1.82, 2.24) is 9.80 Å². The number of hydrogen-bond acceptors (Lipinski definition) is 4. The quantitative estimate of drug-likeness (QED) is 0.920. The van der Waals surface area contributed by atoms with Gasteiger partial charge >= 0.3 is 0 Å². The molecule has 0 saturated carbocycles. The molecule has 0 aliphatic carbocycles. The lowest BCUT2D eigenvalue weighted by atomic mass is 10.1. The average Bonchev–Trinajstić information content (AvgIpc) is 2.51. The lowest BCUT2D eigenvalue weighted by Gasteiger charge is -2.36. The van der Waals surface area contributed by atoms with Gasteiger partial charge in [0.2, 0.25) is 0 Å². The van der Waals surface area contributed by atoms with Crippen molar-refractivity contribution in [3.63, 3.8) is 0 Å². The predicted molar refractivity (Wildman–Crippen MR) is 80.0 cm³/mol. The van der Waals surface area contributed by atoms with Crippen LogP contribution < -0.4 is 0 Å². The molecule has 5 heteroatoms. The molecule has 1 fully saturated rings. The number of rotatable bonds is 3. The maximum atomic E-state index is 12.5. The van der Waals surface area contributed by atoms with Gasteiger partial charge in [0.05, 0.1) is 12.1 Å². The number of benzene rings is 1. The predicted octanol–water partition coefficient (Wildman–Crippen LogP) is 1.76. The summed E-state index contributed by atoms with van der Waals surface area (Å²) < 4.78 is 0. The Morgan fingerprint density at radius 3 is 2.62 bits per heavy atom. The number of hydrogen-bond donors (Lipinski definition) is 1. The van der Waals surface area contributed by atoms with Gasteiger partial charge in [-0.1, -0.05) is 13.0 Å². The summed E-state index contributed by atoms with van der Waals surface area (Å²) in [6.07, 6.45) is 0.802. The molecule has 2 rings (SSSR count). The summed E-state index contributed by atoms with van der Waals surface area (Å²) in [5.41, 5.74) is 1.17. The van der Waals surface area contributed by atoms with Crippen LogP contribution in [0.2, 0.25) is 0 Å². The number of aromatic hydroxyl groups is 1. The van der Waals surface area contributed by atoms with Crippen LogP contribution >= 0.6 is 0 Å². The molecule has 1 amide bonds. The van der Waals surface area contributed by atoms with Crippen molar-refractivity contribution in [3.05, 3.63) is 29.3 Å². The summed E-state index contributed by atoms with van der Waals surface area (Å²) in [5, 5.41) is 18.8. The molecular weight excluding hydrogens is 266 g/mol. The van der Waals surface area contributed by atoms with Crippen molar-refractivity contribution in [2.24, 2.45) is 0 Å². The van der Waals surface area contributed by atoms with E-state index in [1.54, 1.807) is 30.0 Å². The zero-order chi connectivity index (χ0) is 15.4. The van der Waals surface area contributed by atoms with Crippen LogP contribution in [0.5, 0.6) is 5.75 Å². The molecule has 1 aliphatic heterocycles. The molecular formula is C16H21N3O2. The Balaban J connectivity index is 2.04. The molecule has 1 unspecified atom stereocenters. The molecule has 5 nitrogen and oxygen atoms in total. The second-order valence-electron chi connectivity index (χ2n) is 5.33. The van der Waals surface area contributed by atoms with E-state index >= 15 is 0 Å². The first-order valence-corrected chi connectivity index (χ1v) is 7.30. The third-order valence-electron chi connectivity index (χ3n) is 4.11. The molecule has 0 aromatic heterocycles. The highest BCUT2D eigenvalue weighted by Gasteiger charge is 2.26. The summed E-state index contributed by atoms with van der Waals surface area (Å²) in [6.45, 7) is 6.42. The van der Waals surface area contributed by atoms with E-state index in [0.717, 1.165) is 19.5 Å². The van der Waals surface area contributed by atoms with Gasteiger partial charge in [0.15, 0.2) is 0 Å². The number of carbonyl (C=O) groups excluding carboxylic acids is 1. The second kappa shape index (κ2) is 6.59. The van der Waals surface area contributed by atoms with E-state index in [4.69, 9.17) is 5.26 Å². The Kier molecular flexibility index (Phi) is 4.81. The maximum Gasteiger partial charge on any atom is 0.254 e. The first kappa shape index (κ1) is 15.3. The number of phenolic OH excluding ortho intramolecular Hbond substituents is 1. The molecule has 112 valence electrons. The summed E-state index contributed by atoms with van der Waals surface area (Å²) in [7, 11) is 0. The van der Waals surface area contributed by atoms with Gasteiger partial charge < -0.3 is 10.0 Å². The molecule has 21 heavy (non-hydrogen) atoms. The Bertz CT molecular complexity index is 557. The molecule has 0 bridgehead atoms. The summed E-state index contributed by atoms with van der Waals surface area (Å²) in [4.78, 5) is 16.4. The van der Waals surface area contributed by atoms with Crippen molar-refractivity contribution in [2.75, 3.05) is 26.2 Å². The van der Waals surface area contributed by atoms with E-state index in [9.17, 15) is 9.90 Å². The minimum atomic E-state index is -0.0650. The monoisotopic (exact) mass is 287 g/mol. The van der Waals surface area contributed by atoms with Crippen LogP contribution in [0, 0.1) is 18.3 Å². The lowest BCUT2D eigenvalue weighted by molar-refractivity contribution is 0.0603. The van der Waals surface area contributed by atoms with E-state index in [2.05, 4.69) is 11.0 Å². The number of nitrogens with zero attached hydrogens (tertiary/aromatic N) is 3. The smallest absolute Gasteiger partial charge is 0.254 e. The molecule has 0 radical (unpaired) electrons. The van der Waals surface area contributed by atoms with Crippen LogP contribution in [0.3, 0.4) is 0 Å². The SMILES string of the molecule is CCC(C#N)N1CCN(C(=O)c2cccc(O)c2C)CC1. The molecule has 1 saturated heterocycles. The van der Waals surface area contributed by atoms with E-state index in [-0.39, 0.29) is 17.7 Å². The minimum Gasteiger partial charge on any atom is -0.508 e. The maximum absolute atomic E-state index is 12.5. The molecule has 1 aromatic carbocycles. The Morgan fingerprint density at radius 2 is 2.05 bits per heavy atom. The van der Waals surface area contributed by atoms with Gasteiger partial charge in [0.1, 0.15) is 5.75 Å². The number of nitriles is 1. The minimum absolute atomic E-state index is 0.0481. The highest BCUT2D eigenvalue weighted by molar-refractivity contribution is 5.96. The molecule has 1 N–H and O–H groups in total. The van der Waals surface area contributed by atoms with Gasteiger partial charge in [0, 0.05) is 37.3 Å². The van der Waals surface area contributed by atoms with E-state index < -0.39 is 0 Å². The van der Waals surface area contributed by atoms with Gasteiger partial charge in [-0.05, 0) is 25.5 Å². The Hall–Kier alpha value is -2.06. The normalized spacial score (nSPS) is 17.3. The van der Waals surface area contributed by atoms with Crippen molar-refractivity contribution in [3.8, 4) is 11.8 Å². The first-order valence-electron chi connectivity index (χ1n) is 7.30. The highest BCUT2D eigenvalue weighted by atomic mass is 16.3. The molecule has 1 aromatic rings. The van der Waals surface area contributed by atoms with Crippen LogP contribution in [0.4, 0.5) is 0 Å². The first-order chi connectivity index (χ1) is 10.1. The van der Waals surface area contributed by atoms with E-state index in [0.29, 0.717) is 24.2 Å². The zero-order valence-electron chi connectivity index (χ0n) is 12.5. The van der Waals surface area contributed by atoms with Gasteiger partial charge in [-0.25, -0.2) is 0 Å². The molecule has 1 heterocycles. The fourth-order valence-corrected chi connectivity index (χ4v) is 2.69. The fourth-order valence-electron chi connectivity index (χ4n) is 2.69. The lowest BCUT2D eigenvalue weighted by Crippen LogP contribution is -2.51. The number of amides is 1. The zero-order valence-corrected chi connectivity index (χ0v) is 12.5. The largest absolute Gasteiger partial charge is 0.508 e. The third kappa shape index (κ3) is 3.17. The van der Waals surface area contributed by atoms with Gasteiger partial charge in [-0.2, -0.15) is 5.26 Å². The average molecular weight is 287 g/mol. The summed E-state index contributed by atoms with van der Waals surface area (Å²) >= 11 is 0. The van der Waals surface area contributed by atoms with E-state index in [1.807, 2.05) is 6.92 Å². The topological polar surface area (TPSA) is 67.6 Å². The van der Waals surface area contributed by atoms with Crippen molar-refractivity contribution in [1.29, 1.82) is 5.26 Å². The third-order valence-corrected chi connectivity index (χ3v) is 4.11. The molecule has 1 atom stereocenters. The summed E-state index contributed by atoms with van der Waals surface area (Å²) in [6, 6.07) is 7.26. The Labute approximate surface area is 125 Å². The van der Waals surface area contributed by atoms with Crippen molar-refractivity contribution in [2.45, 2.75) is 26.3 Å². The number of piperazine rings is 1. The van der Waals surface area contributed by atoms with Crippen LogP contribution in [0.1, 0.15) is 29.3 Å². The van der Waals surface area contributed by atoms with Gasteiger partial charge in [-0.15, -0.1) is 0 Å².